The summed E-state index contributed by atoms with van der Waals surface area (Å²) in [5.41, 5.74) is 2.09. The maximum Gasteiger partial charge on any atom is 0.308 e. The van der Waals surface area contributed by atoms with Crippen molar-refractivity contribution in [3.63, 3.8) is 0 Å². The number of carbonyl (C=O) groups is 1. The number of ether oxygens (including phenoxy) is 1. The van der Waals surface area contributed by atoms with Gasteiger partial charge in [0.2, 0.25) is 0 Å². The second-order valence-corrected chi connectivity index (χ2v) is 3.52. The molecule has 1 aromatic carbocycles. The van der Waals surface area contributed by atoms with Crippen molar-refractivity contribution in [3.8, 4) is 5.75 Å². The van der Waals surface area contributed by atoms with Gasteiger partial charge in [-0.3, -0.25) is 4.79 Å². The van der Waals surface area contributed by atoms with E-state index < -0.39 is 0 Å². The van der Waals surface area contributed by atoms with E-state index in [-0.39, 0.29) is 5.97 Å². The van der Waals surface area contributed by atoms with E-state index in [0.717, 1.165) is 17.0 Å². The minimum absolute atomic E-state index is 0.303. The molecule has 0 heterocycles. The van der Waals surface area contributed by atoms with Crippen molar-refractivity contribution in [2.24, 2.45) is 0 Å². The summed E-state index contributed by atoms with van der Waals surface area (Å²) in [7, 11) is 0. The van der Waals surface area contributed by atoms with Crippen molar-refractivity contribution in [1.82, 2.24) is 0 Å². The zero-order valence-electron chi connectivity index (χ0n) is 9.33. The van der Waals surface area contributed by atoms with Crippen LogP contribution in [0.3, 0.4) is 0 Å². The highest BCUT2D eigenvalue weighted by Crippen LogP contribution is 2.23. The Kier molecular flexibility index (Phi) is 3.67. The fourth-order valence-corrected chi connectivity index (χ4v) is 1.32. The fraction of sp³-hybridized carbons (Fsp3) is 0.231. The second-order valence-electron chi connectivity index (χ2n) is 3.52. The number of hydrogen-bond acceptors (Lipinski definition) is 2. The number of carbonyl (C=O) groups excluding carboxylic acids is 1. The molecular weight excluding hydrogens is 188 g/mol. The number of esters is 1. The molecule has 2 heteroatoms. The van der Waals surface area contributed by atoms with Gasteiger partial charge in [0.25, 0.3) is 0 Å². The van der Waals surface area contributed by atoms with Crippen LogP contribution in [0.5, 0.6) is 5.75 Å². The van der Waals surface area contributed by atoms with Crippen LogP contribution in [0, 0.1) is 12.8 Å². The van der Waals surface area contributed by atoms with Crippen LogP contribution in [0.4, 0.5) is 0 Å². The summed E-state index contributed by atoms with van der Waals surface area (Å²) in [6.07, 6.45) is 1.78. The minimum Gasteiger partial charge on any atom is -0.427 e. The summed E-state index contributed by atoms with van der Waals surface area (Å²) in [5.74, 6) is 1.34. The molecule has 79 valence electrons. The molecule has 1 radical (unpaired) electrons. The summed E-state index contributed by atoms with van der Waals surface area (Å²) in [6.45, 7) is 9.04. The Morgan fingerprint density at radius 2 is 2.00 bits per heavy atom. The molecular formula is C13H15O2. The quantitative estimate of drug-likeness (QED) is 0.557. The first-order valence-electron chi connectivity index (χ1n) is 4.79. The molecule has 0 amide bonds. The van der Waals surface area contributed by atoms with Crippen LogP contribution < -0.4 is 4.74 Å². The highest BCUT2D eigenvalue weighted by Gasteiger charge is 2.06. The standard InChI is InChI=1S/C13H15O2/c1-5-10(3)12-6-9(2)7-13(8-12)15-11(4)14/h5-8H,1H2,2-4H3. The van der Waals surface area contributed by atoms with E-state index >= 15 is 0 Å². The third-order valence-electron chi connectivity index (χ3n) is 2.07. The molecule has 0 N–H and O–H groups in total. The van der Waals surface area contributed by atoms with Crippen molar-refractivity contribution in [2.75, 3.05) is 0 Å². The van der Waals surface area contributed by atoms with Crippen LogP contribution in [0.15, 0.2) is 30.9 Å². The summed E-state index contributed by atoms with van der Waals surface area (Å²) in [4.78, 5) is 10.8. The van der Waals surface area contributed by atoms with E-state index in [0.29, 0.717) is 5.75 Å². The van der Waals surface area contributed by atoms with E-state index in [4.69, 9.17) is 4.74 Å². The third-order valence-corrected chi connectivity index (χ3v) is 2.07. The van der Waals surface area contributed by atoms with E-state index in [2.05, 4.69) is 6.58 Å². The molecule has 0 unspecified atom stereocenters. The lowest BCUT2D eigenvalue weighted by Crippen LogP contribution is -2.02. The van der Waals surface area contributed by atoms with Crippen molar-refractivity contribution in [1.29, 1.82) is 0 Å². The zero-order valence-corrected chi connectivity index (χ0v) is 9.33. The molecule has 0 fully saturated rings. The molecule has 0 bridgehead atoms. The van der Waals surface area contributed by atoms with Gasteiger partial charge in [-0.05, 0) is 30.2 Å². The highest BCUT2D eigenvalue weighted by atomic mass is 16.5. The predicted molar refractivity (Wildman–Crippen MR) is 60.7 cm³/mol. The van der Waals surface area contributed by atoms with Gasteiger partial charge in [-0.25, -0.2) is 0 Å². The minimum atomic E-state index is -0.303. The molecule has 0 saturated carbocycles. The maximum absolute atomic E-state index is 10.8. The van der Waals surface area contributed by atoms with E-state index in [1.165, 1.54) is 6.92 Å². The Morgan fingerprint density at radius 1 is 1.33 bits per heavy atom. The van der Waals surface area contributed by atoms with Gasteiger partial charge < -0.3 is 4.74 Å². The molecule has 15 heavy (non-hydrogen) atoms. The van der Waals surface area contributed by atoms with Crippen molar-refractivity contribution in [3.05, 3.63) is 47.9 Å². The highest BCUT2D eigenvalue weighted by molar-refractivity contribution is 5.69. The molecule has 0 aliphatic heterocycles. The van der Waals surface area contributed by atoms with E-state index in [1.54, 1.807) is 6.08 Å². The smallest absolute Gasteiger partial charge is 0.308 e. The van der Waals surface area contributed by atoms with Gasteiger partial charge >= 0.3 is 5.97 Å². The second kappa shape index (κ2) is 4.78. The van der Waals surface area contributed by atoms with Crippen LogP contribution in [0.1, 0.15) is 25.0 Å². The van der Waals surface area contributed by atoms with Crippen LogP contribution in [-0.2, 0) is 4.79 Å². The molecule has 0 aliphatic rings. The lowest BCUT2D eigenvalue weighted by molar-refractivity contribution is -0.131. The van der Waals surface area contributed by atoms with Gasteiger partial charge in [-0.2, -0.15) is 0 Å². The number of allylic oxidation sites excluding steroid dienone is 1. The molecule has 1 aromatic rings. The van der Waals surface area contributed by atoms with E-state index in [1.807, 2.05) is 32.0 Å². The first-order valence-corrected chi connectivity index (χ1v) is 4.79. The molecule has 0 aliphatic carbocycles. The lowest BCUT2D eigenvalue weighted by Gasteiger charge is -2.09. The molecule has 0 spiro atoms. The Hall–Kier alpha value is -1.57. The third kappa shape index (κ3) is 3.24. The largest absolute Gasteiger partial charge is 0.427 e. The predicted octanol–water partition coefficient (Wildman–Crippen LogP) is 3.05. The van der Waals surface area contributed by atoms with Crippen LogP contribution in [-0.4, -0.2) is 5.97 Å². The Morgan fingerprint density at radius 3 is 2.53 bits per heavy atom. The summed E-state index contributed by atoms with van der Waals surface area (Å²) in [5, 5.41) is 0. The molecule has 0 aromatic heterocycles. The van der Waals surface area contributed by atoms with Gasteiger partial charge in [0.1, 0.15) is 5.75 Å². The van der Waals surface area contributed by atoms with Crippen molar-refractivity contribution >= 4 is 5.97 Å². The lowest BCUT2D eigenvalue weighted by atomic mass is 9.99. The number of aryl methyl sites for hydroxylation is 1. The van der Waals surface area contributed by atoms with Gasteiger partial charge in [0, 0.05) is 12.8 Å². The Bertz CT molecular complexity index is 380. The number of benzene rings is 1. The normalized spacial score (nSPS) is 10.1. The Balaban J connectivity index is 3.04. The summed E-state index contributed by atoms with van der Waals surface area (Å²) >= 11 is 0. The average molecular weight is 203 g/mol. The van der Waals surface area contributed by atoms with Crippen molar-refractivity contribution in [2.45, 2.75) is 20.8 Å². The number of rotatable bonds is 3. The Labute approximate surface area is 90.6 Å². The fourth-order valence-electron chi connectivity index (χ4n) is 1.32. The van der Waals surface area contributed by atoms with Crippen molar-refractivity contribution < 1.29 is 9.53 Å². The average Bonchev–Trinajstić information content (AvgIpc) is 2.14. The molecule has 0 saturated heterocycles. The summed E-state index contributed by atoms with van der Waals surface area (Å²) in [6, 6.07) is 5.71. The molecule has 1 rings (SSSR count). The van der Waals surface area contributed by atoms with Gasteiger partial charge in [0.15, 0.2) is 0 Å². The first-order chi connectivity index (χ1) is 7.02. The SMILES string of the molecule is C=C[C](C)c1cc(C)cc(OC(C)=O)c1. The molecule has 0 atom stereocenters. The zero-order chi connectivity index (χ0) is 11.4. The van der Waals surface area contributed by atoms with E-state index in [9.17, 15) is 4.79 Å². The van der Waals surface area contributed by atoms with Crippen LogP contribution in [0.2, 0.25) is 0 Å². The van der Waals surface area contributed by atoms with Gasteiger partial charge in [-0.15, -0.1) is 6.58 Å². The van der Waals surface area contributed by atoms with Gasteiger partial charge in [-0.1, -0.05) is 19.1 Å². The topological polar surface area (TPSA) is 26.3 Å². The monoisotopic (exact) mass is 203 g/mol. The van der Waals surface area contributed by atoms with Gasteiger partial charge in [0.05, 0.1) is 0 Å². The van der Waals surface area contributed by atoms with Crippen LogP contribution >= 0.6 is 0 Å². The van der Waals surface area contributed by atoms with Crippen LogP contribution in [0.25, 0.3) is 0 Å². The maximum atomic E-state index is 10.8. The molecule has 2 nitrogen and oxygen atoms in total. The first kappa shape index (κ1) is 11.5. The number of hydrogen-bond donors (Lipinski definition) is 0. The summed E-state index contributed by atoms with van der Waals surface area (Å²) < 4.78 is 5.04.